The Labute approximate surface area is 172 Å². The van der Waals surface area contributed by atoms with E-state index in [4.69, 9.17) is 14.2 Å². The van der Waals surface area contributed by atoms with Crippen molar-refractivity contribution in [3.8, 4) is 28.8 Å². The molecule has 1 atom stereocenters. The Balaban J connectivity index is 1.48. The number of rotatable bonds is 7. The van der Waals surface area contributed by atoms with Gasteiger partial charge in [0, 0.05) is 24.6 Å². The van der Waals surface area contributed by atoms with Crippen LogP contribution in [0.1, 0.15) is 23.8 Å². The van der Waals surface area contributed by atoms with Crippen molar-refractivity contribution in [2.45, 2.75) is 19.4 Å². The Kier molecular flexibility index (Phi) is 6.04. The molecule has 3 aromatic rings. The van der Waals surface area contributed by atoms with Crippen LogP contribution in [0.15, 0.2) is 43.0 Å². The molecule has 1 aliphatic rings. The first-order valence-electron chi connectivity index (χ1n) is 9.52. The first-order valence-corrected chi connectivity index (χ1v) is 9.52. The molecule has 1 fully saturated rings. The minimum absolute atomic E-state index is 0.00909. The van der Waals surface area contributed by atoms with Crippen LogP contribution in [0.5, 0.6) is 17.4 Å². The zero-order valence-electron chi connectivity index (χ0n) is 16.3. The van der Waals surface area contributed by atoms with E-state index in [2.05, 4.69) is 30.5 Å². The minimum atomic E-state index is -0.328. The van der Waals surface area contributed by atoms with Crippen molar-refractivity contribution in [1.29, 1.82) is 0 Å². The van der Waals surface area contributed by atoms with E-state index in [9.17, 15) is 4.79 Å². The van der Waals surface area contributed by atoms with Crippen LogP contribution in [-0.2, 0) is 4.74 Å². The van der Waals surface area contributed by atoms with Gasteiger partial charge in [0.25, 0.3) is 11.8 Å². The summed E-state index contributed by atoms with van der Waals surface area (Å²) in [6.07, 6.45) is 6.91. The van der Waals surface area contributed by atoms with Crippen molar-refractivity contribution in [3.63, 3.8) is 0 Å². The Morgan fingerprint density at radius 3 is 2.97 bits per heavy atom. The lowest BCUT2D eigenvalue weighted by atomic mass is 10.2. The average Bonchev–Trinajstić information content (AvgIpc) is 3.29. The molecule has 0 bridgehead atoms. The molecule has 0 aromatic carbocycles. The van der Waals surface area contributed by atoms with E-state index in [-0.39, 0.29) is 17.6 Å². The van der Waals surface area contributed by atoms with Crippen LogP contribution >= 0.6 is 0 Å². The molecule has 1 saturated heterocycles. The fraction of sp³-hybridized carbons (Fsp3) is 0.300. The molecule has 0 unspecified atom stereocenters. The van der Waals surface area contributed by atoms with Crippen molar-refractivity contribution in [3.05, 3.63) is 48.7 Å². The Morgan fingerprint density at radius 2 is 2.20 bits per heavy atom. The molecular weight excluding hydrogens is 388 g/mol. The van der Waals surface area contributed by atoms with E-state index in [0.29, 0.717) is 48.6 Å². The molecule has 3 aromatic heterocycles. The molecule has 1 N–H and O–H groups in total. The Morgan fingerprint density at radius 1 is 1.27 bits per heavy atom. The summed E-state index contributed by atoms with van der Waals surface area (Å²) in [4.78, 5) is 24.8. The second-order valence-corrected chi connectivity index (χ2v) is 6.45. The molecule has 0 spiro atoms. The lowest BCUT2D eigenvalue weighted by molar-refractivity contribution is 0.0923. The summed E-state index contributed by atoms with van der Waals surface area (Å²) in [7, 11) is 0. The Hall–Kier alpha value is -3.66. The predicted molar refractivity (Wildman–Crippen MR) is 105 cm³/mol. The monoisotopic (exact) mass is 408 g/mol. The molecule has 0 saturated carbocycles. The third-order valence-electron chi connectivity index (χ3n) is 4.28. The summed E-state index contributed by atoms with van der Waals surface area (Å²) >= 11 is 0. The maximum absolute atomic E-state index is 12.2. The van der Waals surface area contributed by atoms with Gasteiger partial charge in [-0.15, -0.1) is 10.2 Å². The summed E-state index contributed by atoms with van der Waals surface area (Å²) in [6, 6.07) is 5.25. The SMILES string of the molecule is CCOc1cccnc1Oc1cncc(-c2ncc(C(=O)N[C@H]3CCOC3)nn2)c1. The molecule has 154 valence electrons. The molecule has 1 amide bonds. The quantitative estimate of drug-likeness (QED) is 0.626. The van der Waals surface area contributed by atoms with Crippen LogP contribution in [0, 0.1) is 0 Å². The van der Waals surface area contributed by atoms with Crippen LogP contribution in [0.3, 0.4) is 0 Å². The lowest BCUT2D eigenvalue weighted by Crippen LogP contribution is -2.35. The fourth-order valence-electron chi connectivity index (χ4n) is 2.85. The van der Waals surface area contributed by atoms with E-state index >= 15 is 0 Å². The van der Waals surface area contributed by atoms with Gasteiger partial charge < -0.3 is 19.5 Å². The highest BCUT2D eigenvalue weighted by Gasteiger charge is 2.20. The standard InChI is InChI=1S/C20H20N6O4/c1-2-29-17-4-3-6-22-20(17)30-15-8-13(9-21-10-15)18-23-11-16(25-26-18)19(27)24-14-5-7-28-12-14/h3-4,6,8-11,14H,2,5,7,12H2,1H3,(H,24,27)/t14-/m0/s1. The van der Waals surface area contributed by atoms with E-state index in [1.807, 2.05) is 6.92 Å². The van der Waals surface area contributed by atoms with Gasteiger partial charge in [-0.1, -0.05) is 0 Å². The maximum Gasteiger partial charge on any atom is 0.273 e. The summed E-state index contributed by atoms with van der Waals surface area (Å²) < 4.78 is 16.6. The van der Waals surface area contributed by atoms with Gasteiger partial charge in [0.1, 0.15) is 5.75 Å². The van der Waals surface area contributed by atoms with E-state index < -0.39 is 0 Å². The topological polar surface area (TPSA) is 121 Å². The van der Waals surface area contributed by atoms with Gasteiger partial charge in [0.2, 0.25) is 0 Å². The molecule has 4 rings (SSSR count). The lowest BCUT2D eigenvalue weighted by Gasteiger charge is -2.10. The number of nitrogens with zero attached hydrogens (tertiary/aromatic N) is 5. The molecular formula is C20H20N6O4. The second-order valence-electron chi connectivity index (χ2n) is 6.45. The largest absolute Gasteiger partial charge is 0.488 e. The number of nitrogens with one attached hydrogen (secondary N) is 1. The number of hydrogen-bond donors (Lipinski definition) is 1. The van der Waals surface area contributed by atoms with Gasteiger partial charge in [-0.05, 0) is 31.5 Å². The zero-order valence-corrected chi connectivity index (χ0v) is 16.3. The normalized spacial score (nSPS) is 15.6. The summed E-state index contributed by atoms with van der Waals surface area (Å²) in [5, 5.41) is 10.9. The van der Waals surface area contributed by atoms with Gasteiger partial charge >= 0.3 is 0 Å². The van der Waals surface area contributed by atoms with E-state index in [1.54, 1.807) is 36.8 Å². The van der Waals surface area contributed by atoms with Crippen molar-refractivity contribution in [2.24, 2.45) is 0 Å². The summed E-state index contributed by atoms with van der Waals surface area (Å²) in [5.74, 6) is 1.30. The zero-order chi connectivity index (χ0) is 20.8. The fourth-order valence-corrected chi connectivity index (χ4v) is 2.85. The third kappa shape index (κ3) is 4.66. The van der Waals surface area contributed by atoms with Crippen LogP contribution in [0.4, 0.5) is 0 Å². The number of amides is 1. The van der Waals surface area contributed by atoms with Gasteiger partial charge in [-0.2, -0.15) is 0 Å². The van der Waals surface area contributed by atoms with Crippen molar-refractivity contribution in [2.75, 3.05) is 19.8 Å². The van der Waals surface area contributed by atoms with Crippen LogP contribution in [-0.4, -0.2) is 56.9 Å². The molecule has 1 aliphatic heterocycles. The predicted octanol–water partition coefficient (Wildman–Crippen LogP) is 2.04. The molecule has 0 radical (unpaired) electrons. The molecule has 0 aliphatic carbocycles. The summed E-state index contributed by atoms with van der Waals surface area (Å²) in [6.45, 7) is 3.52. The van der Waals surface area contributed by atoms with Crippen molar-refractivity contribution < 1.29 is 19.0 Å². The maximum atomic E-state index is 12.2. The molecule has 10 heteroatoms. The number of ether oxygens (including phenoxy) is 3. The van der Waals surface area contributed by atoms with Gasteiger partial charge in [0.05, 0.1) is 31.6 Å². The second kappa shape index (κ2) is 9.23. The number of aromatic nitrogens is 5. The van der Waals surface area contributed by atoms with E-state index in [1.165, 1.54) is 6.20 Å². The minimum Gasteiger partial charge on any atom is -0.488 e. The highest BCUT2D eigenvalue weighted by molar-refractivity contribution is 5.92. The number of pyridine rings is 2. The first-order chi connectivity index (χ1) is 14.7. The van der Waals surface area contributed by atoms with Gasteiger partial charge in [-0.3, -0.25) is 9.78 Å². The number of hydrogen-bond acceptors (Lipinski definition) is 9. The average molecular weight is 408 g/mol. The van der Waals surface area contributed by atoms with Gasteiger partial charge in [-0.25, -0.2) is 9.97 Å². The van der Waals surface area contributed by atoms with Crippen molar-refractivity contribution >= 4 is 5.91 Å². The highest BCUT2D eigenvalue weighted by Crippen LogP contribution is 2.29. The van der Waals surface area contributed by atoms with E-state index in [0.717, 1.165) is 6.42 Å². The number of carbonyl (C=O) groups excluding carboxylic acids is 1. The first kappa shape index (κ1) is 19.6. The smallest absolute Gasteiger partial charge is 0.273 e. The van der Waals surface area contributed by atoms with Crippen molar-refractivity contribution in [1.82, 2.24) is 30.5 Å². The molecule has 30 heavy (non-hydrogen) atoms. The Bertz CT molecular complexity index is 1010. The third-order valence-corrected chi connectivity index (χ3v) is 4.28. The molecule has 4 heterocycles. The highest BCUT2D eigenvalue weighted by atomic mass is 16.5. The van der Waals surface area contributed by atoms with Crippen LogP contribution in [0.2, 0.25) is 0 Å². The summed E-state index contributed by atoms with van der Waals surface area (Å²) in [5.41, 5.74) is 0.728. The molecule has 10 nitrogen and oxygen atoms in total. The number of carbonyl (C=O) groups is 1. The van der Waals surface area contributed by atoms with Crippen LogP contribution < -0.4 is 14.8 Å². The van der Waals surface area contributed by atoms with Crippen LogP contribution in [0.25, 0.3) is 11.4 Å². The van der Waals surface area contributed by atoms with Gasteiger partial charge in [0.15, 0.2) is 17.3 Å².